The predicted molar refractivity (Wildman–Crippen MR) is 311 cm³/mol. The number of benzene rings is 4. The Labute approximate surface area is 501 Å². The number of hydrogen-bond donors (Lipinski definition) is 14. The van der Waals surface area contributed by atoms with Gasteiger partial charge in [0.15, 0.2) is 0 Å². The largest absolute Gasteiger partial charge is 0.462 e. The molecule has 24 heteroatoms. The second kappa shape index (κ2) is 24.9. The number of fused-ring (bicyclic) bond motifs is 8. The van der Waals surface area contributed by atoms with Crippen LogP contribution in [0.3, 0.4) is 0 Å². The van der Waals surface area contributed by atoms with Crippen LogP contribution in [-0.4, -0.2) is 206 Å². The first-order valence-corrected chi connectivity index (χ1v) is 29.0. The molecule has 0 aliphatic carbocycles. The van der Waals surface area contributed by atoms with Gasteiger partial charge < -0.3 is 109 Å². The van der Waals surface area contributed by atoms with Crippen LogP contribution in [0.25, 0.3) is 66.6 Å². The Morgan fingerprint density at radius 1 is 0.284 bits per heavy atom. The fourth-order valence-electron chi connectivity index (χ4n) is 11.9. The molecule has 0 unspecified atom stereocenters. The Kier molecular flexibility index (Phi) is 16.8. The van der Waals surface area contributed by atoms with Gasteiger partial charge in [-0.15, -0.1) is 0 Å². The minimum absolute atomic E-state index is 0.239. The molecule has 14 N–H and O–H groups in total. The molecule has 4 aromatic carbocycles. The number of aliphatic hydroxyl groups is 12. The molecule has 13 rings (SSSR count). The van der Waals surface area contributed by atoms with Crippen molar-refractivity contribution in [1.29, 1.82) is 0 Å². The van der Waals surface area contributed by atoms with Crippen molar-refractivity contribution in [3.05, 3.63) is 144 Å². The van der Waals surface area contributed by atoms with E-state index in [1.54, 1.807) is 48.5 Å². The molecule has 4 fully saturated rings. The lowest BCUT2D eigenvalue weighted by molar-refractivity contribution is -0.242. The highest BCUT2D eigenvalue weighted by Crippen LogP contribution is 2.40. The van der Waals surface area contributed by atoms with Gasteiger partial charge in [0.25, 0.3) is 0 Å². The van der Waals surface area contributed by atoms with Crippen LogP contribution in [0.2, 0.25) is 0 Å². The molecule has 462 valence electrons. The number of hydrogen-bond acceptors (Lipinski definition) is 22. The molecule has 16 atom stereocenters. The first kappa shape index (κ1) is 59.5. The van der Waals surface area contributed by atoms with Gasteiger partial charge in [0.1, 0.15) is 96.2 Å². The fraction of sp³-hybridized carbons (Fsp3) is 0.375. The van der Waals surface area contributed by atoms with Crippen LogP contribution in [0, 0.1) is 0 Å². The highest BCUT2D eigenvalue weighted by molar-refractivity contribution is 5.92. The van der Waals surface area contributed by atoms with E-state index in [1.807, 2.05) is 72.8 Å². The van der Waals surface area contributed by atoms with Gasteiger partial charge in [-0.2, -0.15) is 0 Å². The van der Waals surface area contributed by atoms with E-state index < -0.39 is 98.4 Å². The maximum Gasteiger partial charge on any atom is 0.228 e. The Hall–Kier alpha value is -7.44. The molecule has 0 saturated carbocycles. The average Bonchev–Trinajstić information content (AvgIpc) is 2.07. The summed E-state index contributed by atoms with van der Waals surface area (Å²) in [6.07, 6.45) is -20.2. The fourth-order valence-corrected chi connectivity index (χ4v) is 11.9. The summed E-state index contributed by atoms with van der Waals surface area (Å²) in [5, 5.41) is 125. The molecule has 9 heterocycles. The lowest BCUT2D eigenvalue weighted by Crippen LogP contribution is -2.54. The zero-order valence-corrected chi connectivity index (χ0v) is 47.0. The molecule has 4 saturated heterocycles. The van der Waals surface area contributed by atoms with Crippen LogP contribution in [0.5, 0.6) is 23.0 Å². The number of aryl methyl sites for hydroxylation is 4. The molecule has 0 spiro atoms. The summed E-state index contributed by atoms with van der Waals surface area (Å²) in [5.41, 5.74) is 11.7. The zero-order chi connectivity index (χ0) is 61.1. The van der Waals surface area contributed by atoms with Crippen LogP contribution in [0.4, 0.5) is 0 Å². The van der Waals surface area contributed by atoms with Gasteiger partial charge in [-0.25, -0.2) is 0 Å². The van der Waals surface area contributed by atoms with E-state index in [9.17, 15) is 61.3 Å². The van der Waals surface area contributed by atoms with Gasteiger partial charge in [-0.05, 0) is 121 Å². The molecule has 6 aliphatic rings. The molecule has 0 amide bonds. The number of H-pyrrole nitrogens is 2. The maximum atomic E-state index is 10.7. The first-order valence-electron chi connectivity index (χ1n) is 29.0. The van der Waals surface area contributed by atoms with Crippen molar-refractivity contribution in [1.82, 2.24) is 19.9 Å². The van der Waals surface area contributed by atoms with Gasteiger partial charge in [0, 0.05) is 44.3 Å². The van der Waals surface area contributed by atoms with E-state index in [0.717, 1.165) is 67.3 Å². The number of aliphatic hydroxyl groups excluding tert-OH is 12. The van der Waals surface area contributed by atoms with E-state index in [1.165, 1.54) is 0 Å². The Morgan fingerprint density at radius 3 is 0.693 bits per heavy atom. The molecule has 7 aromatic rings. The van der Waals surface area contributed by atoms with Crippen LogP contribution in [0.15, 0.2) is 121 Å². The monoisotopic (exact) mass is 1210 g/mol. The standard InChI is InChI=1S/C64H66N4O20/c69-45-25-81-61(57(77)53(45)73)85-33-9-1-29(2-10-33)49-37-17-19-39(65-37)50(30-3-11-34(12-4-30)86-62-58(78)54(74)46(70)26-82-62)41-21-23-43(67-41)52(32-7-15-36(16-8-32)88-64-60(80)56(76)48(72)28-84-64)44-24-22-42(68-44)51(40-20-18-38(49)66-40)31-5-13-35(14-6-31)87-63-59(79)55(75)47(71)27-83-63/h1-17,19,22,24,45-48,53-65,68-80H,18,20-21,23,25-28H2/t45-,46-,47-,48-,53-,54-,55-,56-,57+,58+,59+,60+,61+,62+,63+,64+/m1/s1. The summed E-state index contributed by atoms with van der Waals surface area (Å²) in [6, 6.07) is 36.5. The summed E-state index contributed by atoms with van der Waals surface area (Å²) in [4.78, 5) is 18.5. The Balaban J connectivity index is 0.982. The van der Waals surface area contributed by atoms with E-state index in [2.05, 4.69) is 9.97 Å². The zero-order valence-electron chi connectivity index (χ0n) is 47.0. The third kappa shape index (κ3) is 11.7. The number of ether oxygens (including phenoxy) is 8. The van der Waals surface area contributed by atoms with Crippen molar-refractivity contribution in [2.24, 2.45) is 0 Å². The predicted octanol–water partition coefficient (Wildman–Crippen LogP) is 1.82. The summed E-state index contributed by atoms with van der Waals surface area (Å²) in [7, 11) is 0. The van der Waals surface area contributed by atoms with Crippen molar-refractivity contribution < 1.29 is 99.2 Å². The molecule has 3 aromatic heterocycles. The van der Waals surface area contributed by atoms with Gasteiger partial charge in [0.05, 0.1) is 49.2 Å². The molecular weight excluding hydrogens is 1140 g/mol. The number of aromatic nitrogens is 4. The normalized spacial score (nSPS) is 30.0. The van der Waals surface area contributed by atoms with Crippen molar-refractivity contribution >= 4 is 22.1 Å². The number of aromatic amines is 2. The summed E-state index contributed by atoms with van der Waals surface area (Å²) in [6.45, 7) is -0.955. The van der Waals surface area contributed by atoms with Crippen LogP contribution in [-0.2, 0) is 44.6 Å². The Bertz CT molecular complexity index is 3310. The minimum atomic E-state index is -1.52. The summed E-state index contributed by atoms with van der Waals surface area (Å²) < 4.78 is 46.2. The van der Waals surface area contributed by atoms with Crippen LogP contribution >= 0.6 is 0 Å². The lowest BCUT2D eigenvalue weighted by atomic mass is 10.0. The number of nitrogens with zero attached hydrogens (tertiary/aromatic N) is 2. The van der Waals surface area contributed by atoms with Crippen molar-refractivity contribution in [3.8, 4) is 67.5 Å². The second-order valence-corrected chi connectivity index (χ2v) is 22.7. The van der Waals surface area contributed by atoms with E-state index in [-0.39, 0.29) is 26.4 Å². The smallest absolute Gasteiger partial charge is 0.228 e. The average molecular weight is 1210 g/mol. The third-order valence-electron chi connectivity index (χ3n) is 16.7. The Morgan fingerprint density at radius 2 is 0.489 bits per heavy atom. The number of nitrogens with one attached hydrogen (secondary N) is 2. The van der Waals surface area contributed by atoms with E-state index in [4.69, 9.17) is 47.9 Å². The third-order valence-corrected chi connectivity index (χ3v) is 16.7. The van der Waals surface area contributed by atoms with Crippen LogP contribution in [0.1, 0.15) is 22.8 Å². The number of rotatable bonds is 12. The molecule has 24 nitrogen and oxygen atoms in total. The maximum absolute atomic E-state index is 10.7. The molecule has 6 aliphatic heterocycles. The van der Waals surface area contributed by atoms with E-state index >= 15 is 0 Å². The topological polar surface area (TPSA) is 374 Å². The van der Waals surface area contributed by atoms with Gasteiger partial charge in [0.2, 0.25) is 25.2 Å². The quantitative estimate of drug-likeness (QED) is 0.0830. The molecule has 0 radical (unpaired) electrons. The first-order chi connectivity index (χ1) is 42.5. The minimum Gasteiger partial charge on any atom is -0.462 e. The van der Waals surface area contributed by atoms with Gasteiger partial charge in [-0.1, -0.05) is 48.5 Å². The summed E-state index contributed by atoms with van der Waals surface area (Å²) >= 11 is 0. The van der Waals surface area contributed by atoms with Crippen molar-refractivity contribution in [2.75, 3.05) is 26.4 Å². The van der Waals surface area contributed by atoms with Crippen molar-refractivity contribution in [2.45, 2.75) is 124 Å². The SMILES string of the molecule is O[C@@H]1[C@H](Oc2ccc(-c3c4nc(c(-c5ccc(O[C@@H]6OC[C@@H](O)[C@@H](O)[C@@H]6O)cc5)c5ccc([nH]5)c(-c5ccc(O[C@@H]6OC[C@@H](O)[C@@H](O)[C@@H]6O)cc5)c5nc(c(-c6ccc(O[C@@H]7OC[C@@H](O)[C@@H](O)[C@@H]7O)cc6)c6ccc3[nH]6)CC5)CC4)cc2)OC[C@@H](O)[C@H]1O. The molecular formula is C64H66N4O20. The second-order valence-electron chi connectivity index (χ2n) is 22.7. The highest BCUT2D eigenvalue weighted by atomic mass is 16.7. The lowest BCUT2D eigenvalue weighted by Gasteiger charge is -2.34. The molecule has 8 bridgehead atoms. The van der Waals surface area contributed by atoms with Crippen molar-refractivity contribution in [3.63, 3.8) is 0 Å². The van der Waals surface area contributed by atoms with Gasteiger partial charge in [-0.3, -0.25) is 9.97 Å². The molecule has 88 heavy (non-hydrogen) atoms. The summed E-state index contributed by atoms with van der Waals surface area (Å²) in [5.74, 6) is 1.30. The highest BCUT2D eigenvalue weighted by Gasteiger charge is 2.42. The van der Waals surface area contributed by atoms with Crippen LogP contribution < -0.4 is 18.9 Å². The van der Waals surface area contributed by atoms with E-state index in [0.29, 0.717) is 70.7 Å². The van der Waals surface area contributed by atoms with Gasteiger partial charge >= 0.3 is 0 Å².